The number of carbonyl (C=O) groups excluding carboxylic acids is 1. The number of anilines is 2. The van der Waals surface area contributed by atoms with Crippen LogP contribution in [0, 0.1) is 5.92 Å². The lowest BCUT2D eigenvalue weighted by Crippen LogP contribution is -2.45. The first kappa shape index (κ1) is 25.2. The van der Waals surface area contributed by atoms with E-state index in [4.69, 9.17) is 19.4 Å². The fourth-order valence-corrected chi connectivity index (χ4v) is 4.51. The number of likely N-dealkylation sites (N-methyl/N-ethyl adjacent to an activating group) is 1. The summed E-state index contributed by atoms with van der Waals surface area (Å²) in [6.07, 6.45) is 1.90. The molecule has 2 N–H and O–H groups in total. The van der Waals surface area contributed by atoms with Crippen LogP contribution in [0.5, 0.6) is 17.4 Å². The lowest BCUT2D eigenvalue weighted by Gasteiger charge is -2.32. The number of nitrogens with one attached hydrogen (secondary N) is 2. The van der Waals surface area contributed by atoms with E-state index in [9.17, 15) is 4.79 Å². The molecule has 3 aromatic rings. The lowest BCUT2D eigenvalue weighted by molar-refractivity contribution is -0.117. The van der Waals surface area contributed by atoms with Crippen molar-refractivity contribution in [2.24, 2.45) is 5.92 Å². The summed E-state index contributed by atoms with van der Waals surface area (Å²) in [6.45, 7) is 9.45. The molecule has 0 aliphatic carbocycles. The average Bonchev–Trinajstić information content (AvgIpc) is 3.44. The molecule has 2 aliphatic rings. The van der Waals surface area contributed by atoms with Gasteiger partial charge in [-0.2, -0.15) is 4.98 Å². The Balaban J connectivity index is 1.33. The monoisotopic (exact) mass is 504 g/mol. The molecule has 2 fully saturated rings. The Kier molecular flexibility index (Phi) is 7.71. The van der Waals surface area contributed by atoms with Crippen LogP contribution in [0.2, 0.25) is 0 Å². The first-order valence-electron chi connectivity index (χ1n) is 13.1. The van der Waals surface area contributed by atoms with E-state index in [1.165, 1.54) is 0 Å². The predicted octanol–water partition coefficient (Wildman–Crippen LogP) is 3.90. The number of amides is 1. The highest BCUT2D eigenvalue weighted by atomic mass is 16.5. The number of aromatic nitrogens is 2. The topological polar surface area (TPSA) is 91.8 Å². The molecule has 3 heterocycles. The number of fused-ring (bicyclic) bond motifs is 1. The maximum Gasteiger partial charge on any atom is 0.241 e. The van der Waals surface area contributed by atoms with E-state index < -0.39 is 0 Å². The molecule has 0 spiro atoms. The van der Waals surface area contributed by atoms with Gasteiger partial charge in [0, 0.05) is 31.9 Å². The largest absolute Gasteiger partial charge is 0.477 e. The SMILES string of the molecule is CC(C)COc1nc(N2CCN(C)CC2)nc2ccc(Oc3ccc(NC(=O)[C@@H]4CCCN4)cc3)cc12. The van der Waals surface area contributed by atoms with Gasteiger partial charge in [0.25, 0.3) is 0 Å². The Morgan fingerprint density at radius 2 is 1.84 bits per heavy atom. The van der Waals surface area contributed by atoms with E-state index >= 15 is 0 Å². The van der Waals surface area contributed by atoms with Crippen molar-refractivity contribution in [3.8, 4) is 17.4 Å². The van der Waals surface area contributed by atoms with Crippen molar-refractivity contribution in [3.63, 3.8) is 0 Å². The molecule has 5 rings (SSSR count). The van der Waals surface area contributed by atoms with Crippen molar-refractivity contribution in [2.45, 2.75) is 32.7 Å². The Bertz CT molecular complexity index is 1220. The zero-order valence-corrected chi connectivity index (χ0v) is 21.9. The minimum atomic E-state index is -0.111. The highest BCUT2D eigenvalue weighted by molar-refractivity contribution is 5.95. The molecule has 0 saturated carbocycles. The number of benzene rings is 2. The van der Waals surface area contributed by atoms with Crippen molar-refractivity contribution in [2.75, 3.05) is 56.6 Å². The van der Waals surface area contributed by atoms with Crippen molar-refractivity contribution in [1.82, 2.24) is 20.2 Å². The van der Waals surface area contributed by atoms with E-state index in [2.05, 4.69) is 41.3 Å². The molecule has 1 aromatic heterocycles. The quantitative estimate of drug-likeness (QED) is 0.477. The molecule has 0 radical (unpaired) electrons. The summed E-state index contributed by atoms with van der Waals surface area (Å²) in [5, 5.41) is 7.01. The lowest BCUT2D eigenvalue weighted by atomic mass is 10.2. The van der Waals surface area contributed by atoms with Gasteiger partial charge in [-0.25, -0.2) is 4.98 Å². The Morgan fingerprint density at radius 3 is 2.54 bits per heavy atom. The summed E-state index contributed by atoms with van der Waals surface area (Å²) >= 11 is 0. The zero-order valence-electron chi connectivity index (χ0n) is 21.9. The number of ether oxygens (including phenoxy) is 2. The van der Waals surface area contributed by atoms with Crippen LogP contribution in [-0.2, 0) is 4.79 Å². The Labute approximate surface area is 218 Å². The number of hydrogen-bond donors (Lipinski definition) is 2. The summed E-state index contributed by atoms with van der Waals surface area (Å²) in [5.41, 5.74) is 1.58. The van der Waals surface area contributed by atoms with Crippen LogP contribution in [-0.4, -0.2) is 73.2 Å². The summed E-state index contributed by atoms with van der Waals surface area (Å²) in [4.78, 5) is 26.5. The second-order valence-corrected chi connectivity index (χ2v) is 10.3. The third kappa shape index (κ3) is 6.29. The third-order valence-electron chi connectivity index (χ3n) is 6.69. The van der Waals surface area contributed by atoms with E-state index in [1.807, 2.05) is 42.5 Å². The fraction of sp³-hybridized carbons (Fsp3) is 0.464. The van der Waals surface area contributed by atoms with Gasteiger partial charge < -0.3 is 29.9 Å². The van der Waals surface area contributed by atoms with Crippen LogP contribution in [0.1, 0.15) is 26.7 Å². The van der Waals surface area contributed by atoms with Gasteiger partial charge in [0.2, 0.25) is 17.7 Å². The minimum Gasteiger partial charge on any atom is -0.477 e. The summed E-state index contributed by atoms with van der Waals surface area (Å²) in [5.74, 6) is 3.02. The fourth-order valence-electron chi connectivity index (χ4n) is 4.51. The smallest absolute Gasteiger partial charge is 0.241 e. The minimum absolute atomic E-state index is 0.00516. The van der Waals surface area contributed by atoms with E-state index in [-0.39, 0.29) is 11.9 Å². The van der Waals surface area contributed by atoms with Gasteiger partial charge in [-0.05, 0) is 74.8 Å². The summed E-state index contributed by atoms with van der Waals surface area (Å²) in [6, 6.07) is 13.1. The second-order valence-electron chi connectivity index (χ2n) is 10.3. The Morgan fingerprint density at radius 1 is 1.08 bits per heavy atom. The maximum atomic E-state index is 12.3. The van der Waals surface area contributed by atoms with Crippen molar-refractivity contribution in [3.05, 3.63) is 42.5 Å². The molecule has 1 atom stereocenters. The maximum absolute atomic E-state index is 12.3. The van der Waals surface area contributed by atoms with Crippen LogP contribution >= 0.6 is 0 Å². The Hall–Kier alpha value is -3.43. The molecule has 196 valence electrons. The van der Waals surface area contributed by atoms with Crippen LogP contribution in [0.3, 0.4) is 0 Å². The van der Waals surface area contributed by atoms with Crippen molar-refractivity contribution < 1.29 is 14.3 Å². The van der Waals surface area contributed by atoms with E-state index in [0.29, 0.717) is 35.9 Å². The molecule has 1 amide bonds. The number of rotatable bonds is 8. The van der Waals surface area contributed by atoms with Gasteiger partial charge in [0.05, 0.1) is 23.6 Å². The van der Waals surface area contributed by atoms with Gasteiger partial charge in [0.15, 0.2) is 0 Å². The first-order chi connectivity index (χ1) is 17.9. The molecule has 2 aromatic carbocycles. The van der Waals surface area contributed by atoms with Gasteiger partial charge in [0.1, 0.15) is 11.5 Å². The van der Waals surface area contributed by atoms with Crippen LogP contribution in [0.4, 0.5) is 11.6 Å². The molecule has 2 saturated heterocycles. The molecule has 9 nitrogen and oxygen atoms in total. The van der Waals surface area contributed by atoms with Crippen molar-refractivity contribution >= 4 is 28.4 Å². The van der Waals surface area contributed by atoms with Crippen LogP contribution in [0.25, 0.3) is 10.9 Å². The number of hydrogen-bond acceptors (Lipinski definition) is 8. The highest BCUT2D eigenvalue weighted by Crippen LogP contribution is 2.32. The molecule has 2 aliphatic heterocycles. The normalized spacial score (nSPS) is 18.4. The number of piperazine rings is 1. The summed E-state index contributed by atoms with van der Waals surface area (Å²) < 4.78 is 12.3. The molecule has 0 bridgehead atoms. The van der Waals surface area contributed by atoms with Gasteiger partial charge in [-0.1, -0.05) is 13.8 Å². The molecular weight excluding hydrogens is 468 g/mol. The van der Waals surface area contributed by atoms with E-state index in [0.717, 1.165) is 62.2 Å². The summed E-state index contributed by atoms with van der Waals surface area (Å²) in [7, 11) is 2.13. The first-order valence-corrected chi connectivity index (χ1v) is 13.1. The highest BCUT2D eigenvalue weighted by Gasteiger charge is 2.22. The van der Waals surface area contributed by atoms with Crippen LogP contribution < -0.4 is 25.0 Å². The third-order valence-corrected chi connectivity index (χ3v) is 6.69. The zero-order chi connectivity index (χ0) is 25.8. The standard InChI is InChI=1S/C28H36N6O3/c1-19(2)18-36-27-23-17-22(10-11-24(23)31-28(32-27)34-15-13-33(3)14-16-34)37-21-8-6-20(7-9-21)30-26(35)25-5-4-12-29-25/h6-11,17,19,25,29H,4-5,12-16,18H2,1-3H3,(H,30,35)/t25-/m0/s1. The molecule has 37 heavy (non-hydrogen) atoms. The van der Waals surface area contributed by atoms with E-state index in [1.54, 1.807) is 0 Å². The van der Waals surface area contributed by atoms with Crippen LogP contribution in [0.15, 0.2) is 42.5 Å². The predicted molar refractivity (Wildman–Crippen MR) is 146 cm³/mol. The van der Waals surface area contributed by atoms with Crippen molar-refractivity contribution in [1.29, 1.82) is 0 Å². The molecule has 9 heteroatoms. The average molecular weight is 505 g/mol. The number of nitrogens with zero attached hydrogens (tertiary/aromatic N) is 4. The number of carbonyl (C=O) groups is 1. The van der Waals surface area contributed by atoms with Gasteiger partial charge >= 0.3 is 0 Å². The van der Waals surface area contributed by atoms with Gasteiger partial charge in [-0.15, -0.1) is 0 Å². The second kappa shape index (κ2) is 11.3. The molecular formula is C28H36N6O3. The molecule has 0 unspecified atom stereocenters. The van der Waals surface area contributed by atoms with Gasteiger partial charge in [-0.3, -0.25) is 4.79 Å².